The number of benzene rings is 2. The SMILES string of the molecule is CC(=O)N1Cc2ccccc2OC2(CCCN(Cc3ccc(F)cc3)C2)C1. The normalized spacial score (nSPS) is 22.8. The molecule has 0 aromatic heterocycles. The van der Waals surface area contributed by atoms with Crippen LogP contribution in [0.3, 0.4) is 0 Å². The van der Waals surface area contributed by atoms with Gasteiger partial charge in [0.25, 0.3) is 0 Å². The van der Waals surface area contributed by atoms with Gasteiger partial charge in [0.05, 0.1) is 6.54 Å². The van der Waals surface area contributed by atoms with Crippen molar-refractivity contribution in [3.05, 3.63) is 65.5 Å². The molecule has 1 saturated heterocycles. The first-order valence-corrected chi connectivity index (χ1v) is 9.52. The van der Waals surface area contributed by atoms with Crippen molar-refractivity contribution < 1.29 is 13.9 Å². The van der Waals surface area contributed by atoms with Crippen LogP contribution in [0.2, 0.25) is 0 Å². The highest BCUT2D eigenvalue weighted by molar-refractivity contribution is 5.73. The van der Waals surface area contributed by atoms with E-state index in [-0.39, 0.29) is 11.7 Å². The molecule has 1 fully saturated rings. The van der Waals surface area contributed by atoms with Crippen LogP contribution in [0.15, 0.2) is 48.5 Å². The Hall–Kier alpha value is -2.40. The molecule has 2 aromatic carbocycles. The molecular weight excluding hydrogens is 343 g/mol. The molecular formula is C22H25FN2O2. The Morgan fingerprint density at radius 1 is 1.15 bits per heavy atom. The Kier molecular flexibility index (Phi) is 4.87. The Labute approximate surface area is 159 Å². The molecule has 142 valence electrons. The zero-order valence-electron chi connectivity index (χ0n) is 15.7. The lowest BCUT2D eigenvalue weighted by Gasteiger charge is -2.43. The summed E-state index contributed by atoms with van der Waals surface area (Å²) in [7, 11) is 0. The number of hydrogen-bond donors (Lipinski definition) is 0. The third-order valence-corrected chi connectivity index (χ3v) is 5.52. The molecule has 1 atom stereocenters. The fourth-order valence-electron chi connectivity index (χ4n) is 4.22. The minimum absolute atomic E-state index is 0.0744. The summed E-state index contributed by atoms with van der Waals surface area (Å²) in [5.74, 6) is 0.741. The van der Waals surface area contributed by atoms with Gasteiger partial charge in [-0.15, -0.1) is 0 Å². The van der Waals surface area contributed by atoms with Crippen LogP contribution in [0.4, 0.5) is 4.39 Å². The largest absolute Gasteiger partial charge is 0.484 e. The van der Waals surface area contributed by atoms with E-state index in [1.807, 2.05) is 41.3 Å². The van der Waals surface area contributed by atoms with Gasteiger partial charge in [-0.1, -0.05) is 30.3 Å². The summed E-state index contributed by atoms with van der Waals surface area (Å²) in [5, 5.41) is 0. The highest BCUT2D eigenvalue weighted by atomic mass is 19.1. The Bertz CT molecular complexity index is 823. The van der Waals surface area contributed by atoms with Gasteiger partial charge in [-0.05, 0) is 43.1 Å². The summed E-state index contributed by atoms with van der Waals surface area (Å²) in [6.07, 6.45) is 1.93. The van der Waals surface area contributed by atoms with Crippen molar-refractivity contribution in [2.24, 2.45) is 0 Å². The summed E-state index contributed by atoms with van der Waals surface area (Å²) in [6, 6.07) is 14.7. The Morgan fingerprint density at radius 3 is 2.70 bits per heavy atom. The lowest BCUT2D eigenvalue weighted by molar-refractivity contribution is -0.133. The van der Waals surface area contributed by atoms with E-state index in [0.29, 0.717) is 13.1 Å². The minimum Gasteiger partial charge on any atom is -0.484 e. The van der Waals surface area contributed by atoms with Crippen molar-refractivity contribution in [2.75, 3.05) is 19.6 Å². The average Bonchev–Trinajstić information content (AvgIpc) is 2.80. The van der Waals surface area contributed by atoms with Crippen molar-refractivity contribution >= 4 is 5.91 Å². The molecule has 1 unspecified atom stereocenters. The molecule has 4 nitrogen and oxygen atoms in total. The molecule has 4 rings (SSSR count). The Balaban J connectivity index is 1.58. The summed E-state index contributed by atoms with van der Waals surface area (Å²) < 4.78 is 19.7. The van der Waals surface area contributed by atoms with Gasteiger partial charge in [0.2, 0.25) is 5.91 Å². The second-order valence-electron chi connectivity index (χ2n) is 7.71. The second kappa shape index (κ2) is 7.31. The van der Waals surface area contributed by atoms with E-state index in [4.69, 9.17) is 4.74 Å². The van der Waals surface area contributed by atoms with Crippen molar-refractivity contribution in [1.29, 1.82) is 0 Å². The first kappa shape index (κ1) is 18.0. The lowest BCUT2D eigenvalue weighted by atomic mass is 9.91. The molecule has 0 saturated carbocycles. The van der Waals surface area contributed by atoms with E-state index in [1.165, 1.54) is 12.1 Å². The van der Waals surface area contributed by atoms with Crippen LogP contribution in [-0.4, -0.2) is 40.9 Å². The number of fused-ring (bicyclic) bond motifs is 1. The maximum atomic E-state index is 13.2. The lowest BCUT2D eigenvalue weighted by Crippen LogP contribution is -2.57. The number of halogens is 1. The van der Waals surface area contributed by atoms with Gasteiger partial charge < -0.3 is 9.64 Å². The smallest absolute Gasteiger partial charge is 0.219 e. The number of hydrogen-bond acceptors (Lipinski definition) is 3. The molecule has 0 radical (unpaired) electrons. The molecule has 2 aromatic rings. The van der Waals surface area contributed by atoms with Gasteiger partial charge >= 0.3 is 0 Å². The van der Waals surface area contributed by atoms with Crippen LogP contribution in [-0.2, 0) is 17.9 Å². The number of nitrogens with zero attached hydrogens (tertiary/aromatic N) is 2. The third-order valence-electron chi connectivity index (χ3n) is 5.52. The average molecular weight is 368 g/mol. The second-order valence-corrected chi connectivity index (χ2v) is 7.71. The van der Waals surface area contributed by atoms with Gasteiger partial charge in [-0.25, -0.2) is 4.39 Å². The number of amides is 1. The summed E-state index contributed by atoms with van der Waals surface area (Å²) in [6.45, 7) is 5.29. The zero-order chi connectivity index (χ0) is 18.9. The fourth-order valence-corrected chi connectivity index (χ4v) is 4.22. The van der Waals surface area contributed by atoms with Crippen LogP contribution in [0.1, 0.15) is 30.9 Å². The summed E-state index contributed by atoms with van der Waals surface area (Å²) in [4.78, 5) is 16.5. The highest BCUT2D eigenvalue weighted by Crippen LogP contribution is 2.35. The van der Waals surface area contributed by atoms with E-state index in [9.17, 15) is 9.18 Å². The molecule has 1 spiro atoms. The topological polar surface area (TPSA) is 32.8 Å². The number of carbonyl (C=O) groups is 1. The first-order chi connectivity index (χ1) is 13.0. The number of carbonyl (C=O) groups excluding carboxylic acids is 1. The van der Waals surface area contributed by atoms with Crippen LogP contribution < -0.4 is 4.74 Å². The van der Waals surface area contributed by atoms with Crippen molar-refractivity contribution in [1.82, 2.24) is 9.80 Å². The van der Waals surface area contributed by atoms with E-state index >= 15 is 0 Å². The van der Waals surface area contributed by atoms with Gasteiger partial charge in [0.1, 0.15) is 17.2 Å². The van der Waals surface area contributed by atoms with E-state index in [0.717, 1.165) is 49.4 Å². The number of rotatable bonds is 2. The number of para-hydroxylation sites is 1. The molecule has 0 aliphatic carbocycles. The molecule has 2 aliphatic heterocycles. The predicted molar refractivity (Wildman–Crippen MR) is 102 cm³/mol. The number of ether oxygens (including phenoxy) is 1. The van der Waals surface area contributed by atoms with Crippen molar-refractivity contribution in [2.45, 2.75) is 38.5 Å². The van der Waals surface area contributed by atoms with Gasteiger partial charge in [0, 0.05) is 32.1 Å². The first-order valence-electron chi connectivity index (χ1n) is 9.52. The van der Waals surface area contributed by atoms with E-state index in [1.54, 1.807) is 6.92 Å². The molecule has 27 heavy (non-hydrogen) atoms. The number of likely N-dealkylation sites (tertiary alicyclic amines) is 1. The monoisotopic (exact) mass is 368 g/mol. The Morgan fingerprint density at radius 2 is 1.93 bits per heavy atom. The predicted octanol–water partition coefficient (Wildman–Crippen LogP) is 3.60. The van der Waals surface area contributed by atoms with Crippen LogP contribution in [0, 0.1) is 5.82 Å². The van der Waals surface area contributed by atoms with Crippen LogP contribution >= 0.6 is 0 Å². The number of piperidine rings is 1. The maximum absolute atomic E-state index is 13.2. The summed E-state index contributed by atoms with van der Waals surface area (Å²) in [5.41, 5.74) is 1.74. The minimum atomic E-state index is -0.406. The van der Waals surface area contributed by atoms with Crippen LogP contribution in [0.5, 0.6) is 5.75 Å². The molecule has 1 amide bonds. The van der Waals surface area contributed by atoms with E-state index in [2.05, 4.69) is 4.90 Å². The van der Waals surface area contributed by atoms with Gasteiger partial charge in [0.15, 0.2) is 0 Å². The molecule has 0 bridgehead atoms. The molecule has 2 heterocycles. The zero-order valence-corrected chi connectivity index (χ0v) is 15.7. The summed E-state index contributed by atoms with van der Waals surface area (Å²) >= 11 is 0. The quantitative estimate of drug-likeness (QED) is 0.812. The molecule has 5 heteroatoms. The van der Waals surface area contributed by atoms with Crippen LogP contribution in [0.25, 0.3) is 0 Å². The van der Waals surface area contributed by atoms with Gasteiger partial charge in [-0.3, -0.25) is 9.69 Å². The van der Waals surface area contributed by atoms with Crippen molar-refractivity contribution in [3.63, 3.8) is 0 Å². The molecule has 0 N–H and O–H groups in total. The van der Waals surface area contributed by atoms with E-state index < -0.39 is 5.60 Å². The fraction of sp³-hybridized carbons (Fsp3) is 0.409. The standard InChI is InChI=1S/C22H25FN2O2/c1-17(26)25-14-19-5-2-3-6-21(19)27-22(16-25)11-4-12-24(15-22)13-18-7-9-20(23)10-8-18/h2-3,5-10H,4,11-16H2,1H3. The third kappa shape index (κ3) is 3.98. The van der Waals surface area contributed by atoms with Gasteiger partial charge in [-0.2, -0.15) is 0 Å². The van der Waals surface area contributed by atoms with Crippen molar-refractivity contribution in [3.8, 4) is 5.75 Å². The molecule has 2 aliphatic rings. The maximum Gasteiger partial charge on any atom is 0.219 e. The highest BCUT2D eigenvalue weighted by Gasteiger charge is 2.42.